The zero-order valence-corrected chi connectivity index (χ0v) is 29.1. The Morgan fingerprint density at radius 1 is 0.385 bits per heavy atom. The van der Waals surface area contributed by atoms with Crippen molar-refractivity contribution in [2.75, 3.05) is 0 Å². The summed E-state index contributed by atoms with van der Waals surface area (Å²) in [4.78, 5) is 0. The van der Waals surface area contributed by atoms with Crippen LogP contribution in [0.4, 0.5) is 0 Å². The second kappa shape index (κ2) is 10.8. The third-order valence-electron chi connectivity index (χ3n) is 11.6. The maximum atomic E-state index is 6.73. The third-order valence-corrected chi connectivity index (χ3v) is 11.6. The zero-order valence-electron chi connectivity index (χ0n) is 29.1. The van der Waals surface area contributed by atoms with Crippen LogP contribution in [-0.4, -0.2) is 0 Å². The van der Waals surface area contributed by atoms with Crippen molar-refractivity contribution in [3.63, 3.8) is 0 Å². The molecule has 11 rings (SSSR count). The first-order valence-electron chi connectivity index (χ1n) is 18.2. The molecule has 0 radical (unpaired) electrons. The molecule has 9 aromatic carbocycles. The number of benzene rings is 9. The number of rotatable bonds is 3. The Labute approximate surface area is 302 Å². The average Bonchev–Trinajstić information content (AvgIpc) is 3.68. The summed E-state index contributed by atoms with van der Waals surface area (Å²) in [5.74, 6) is 0. The fourth-order valence-corrected chi connectivity index (χ4v) is 9.32. The van der Waals surface area contributed by atoms with Gasteiger partial charge >= 0.3 is 0 Å². The van der Waals surface area contributed by atoms with E-state index in [1.807, 2.05) is 0 Å². The molecule has 0 atom stereocenters. The van der Waals surface area contributed by atoms with Gasteiger partial charge in [0, 0.05) is 16.2 Å². The van der Waals surface area contributed by atoms with Crippen molar-refractivity contribution in [2.24, 2.45) is 0 Å². The smallest absolute Gasteiger partial charge is 0.136 e. The van der Waals surface area contributed by atoms with Crippen molar-refractivity contribution in [2.45, 2.75) is 19.3 Å². The van der Waals surface area contributed by atoms with E-state index in [0.29, 0.717) is 0 Å². The van der Waals surface area contributed by atoms with E-state index >= 15 is 0 Å². The highest BCUT2D eigenvalue weighted by Gasteiger charge is 2.40. The number of para-hydroxylation sites is 1. The lowest BCUT2D eigenvalue weighted by molar-refractivity contribution is 0.657. The van der Waals surface area contributed by atoms with E-state index in [1.165, 1.54) is 98.7 Å². The molecular weight excluding hydrogens is 629 g/mol. The summed E-state index contributed by atoms with van der Waals surface area (Å²) in [6.45, 7) is 4.76. The minimum atomic E-state index is -0.207. The lowest BCUT2D eigenvalue weighted by atomic mass is 9.78. The molecule has 1 heteroatoms. The van der Waals surface area contributed by atoms with E-state index < -0.39 is 0 Å². The molecule has 1 nitrogen and oxygen atoms in total. The van der Waals surface area contributed by atoms with E-state index in [-0.39, 0.29) is 5.41 Å². The Morgan fingerprint density at radius 2 is 0.981 bits per heavy atom. The van der Waals surface area contributed by atoms with Gasteiger partial charge < -0.3 is 4.42 Å². The van der Waals surface area contributed by atoms with Gasteiger partial charge in [0.1, 0.15) is 11.2 Å². The van der Waals surface area contributed by atoms with Crippen LogP contribution < -0.4 is 0 Å². The second-order valence-electron chi connectivity index (χ2n) is 14.8. The van der Waals surface area contributed by atoms with Gasteiger partial charge in [0.2, 0.25) is 0 Å². The fourth-order valence-electron chi connectivity index (χ4n) is 9.32. The van der Waals surface area contributed by atoms with Gasteiger partial charge in [-0.25, -0.2) is 0 Å². The van der Waals surface area contributed by atoms with Crippen molar-refractivity contribution in [3.8, 4) is 44.5 Å². The van der Waals surface area contributed by atoms with Crippen molar-refractivity contribution in [3.05, 3.63) is 181 Å². The second-order valence-corrected chi connectivity index (χ2v) is 14.8. The lowest BCUT2D eigenvalue weighted by Gasteiger charge is -2.24. The van der Waals surface area contributed by atoms with Crippen molar-refractivity contribution >= 4 is 54.3 Å². The number of furan rings is 1. The Balaban J connectivity index is 1.24. The monoisotopic (exact) mass is 662 g/mol. The molecule has 0 bridgehead atoms. The highest BCUT2D eigenvalue weighted by molar-refractivity contribution is 6.24. The molecule has 10 aromatic rings. The first kappa shape index (κ1) is 29.3. The predicted molar refractivity (Wildman–Crippen MR) is 220 cm³/mol. The maximum absolute atomic E-state index is 6.73. The standard InChI is InChI=1S/C51H34O/c1-51(2)43-24-11-9-22-40(43)48-42(30-45-49(50(48)51)41-23-10-12-25-44(41)52-45)47-38-20-7-5-18-36(38)46(37-19-6-8-21-39(37)47)35-17-13-16-33(29-35)34-27-26-31-14-3-4-15-32(31)28-34/h3-30H,1-2H3. The van der Waals surface area contributed by atoms with Gasteiger partial charge in [-0.15, -0.1) is 0 Å². The molecule has 0 unspecified atom stereocenters. The number of hydrogen-bond donors (Lipinski definition) is 0. The third kappa shape index (κ3) is 4.05. The molecule has 1 aromatic heterocycles. The summed E-state index contributed by atoms with van der Waals surface area (Å²) in [5, 5.41) is 9.90. The highest BCUT2D eigenvalue weighted by Crippen LogP contribution is 2.58. The molecule has 0 amide bonds. The summed E-state index contributed by atoms with van der Waals surface area (Å²) < 4.78 is 6.73. The molecule has 52 heavy (non-hydrogen) atoms. The Kier molecular flexibility index (Phi) is 6.08. The van der Waals surface area contributed by atoms with Gasteiger partial charge in [-0.3, -0.25) is 0 Å². The van der Waals surface area contributed by atoms with Gasteiger partial charge in [0.25, 0.3) is 0 Å². The zero-order chi connectivity index (χ0) is 34.6. The van der Waals surface area contributed by atoms with Gasteiger partial charge in [0.05, 0.1) is 0 Å². The molecule has 244 valence electrons. The van der Waals surface area contributed by atoms with E-state index in [4.69, 9.17) is 4.42 Å². The maximum Gasteiger partial charge on any atom is 0.136 e. The molecule has 0 spiro atoms. The molecule has 1 aliphatic rings. The first-order valence-corrected chi connectivity index (χ1v) is 18.2. The molecular formula is C51H34O. The largest absolute Gasteiger partial charge is 0.456 e. The first-order chi connectivity index (χ1) is 25.6. The van der Waals surface area contributed by atoms with Crippen LogP contribution in [0.2, 0.25) is 0 Å². The summed E-state index contributed by atoms with van der Waals surface area (Å²) in [5.41, 5.74) is 14.4. The summed E-state index contributed by atoms with van der Waals surface area (Å²) in [6, 6.07) is 62.3. The molecule has 1 heterocycles. The SMILES string of the molecule is CC1(C)c2ccccc2-c2c(-c3c4ccccc4c(-c4cccc(-c5ccc6ccccc6c5)c4)c4ccccc34)cc3oc4ccccc4c3c21. The Morgan fingerprint density at radius 3 is 1.75 bits per heavy atom. The average molecular weight is 663 g/mol. The summed E-state index contributed by atoms with van der Waals surface area (Å²) in [7, 11) is 0. The van der Waals surface area contributed by atoms with Crippen LogP contribution in [0, 0.1) is 0 Å². The highest BCUT2D eigenvalue weighted by atomic mass is 16.3. The number of hydrogen-bond acceptors (Lipinski definition) is 1. The Hall–Kier alpha value is -6.44. The normalized spacial score (nSPS) is 13.3. The molecule has 0 aliphatic heterocycles. The van der Waals surface area contributed by atoms with E-state index in [2.05, 4.69) is 184 Å². The van der Waals surface area contributed by atoms with Crippen LogP contribution in [-0.2, 0) is 5.41 Å². The predicted octanol–water partition coefficient (Wildman–Crippen LogP) is 14.4. The summed E-state index contributed by atoms with van der Waals surface area (Å²) in [6.07, 6.45) is 0. The Bertz CT molecular complexity index is 3040. The van der Waals surface area contributed by atoms with Gasteiger partial charge in [-0.2, -0.15) is 0 Å². The molecule has 1 aliphatic carbocycles. The van der Waals surface area contributed by atoms with E-state index in [0.717, 1.165) is 11.2 Å². The van der Waals surface area contributed by atoms with Crippen LogP contribution in [0.5, 0.6) is 0 Å². The molecule has 0 saturated heterocycles. The van der Waals surface area contributed by atoms with Crippen LogP contribution in [0.1, 0.15) is 25.0 Å². The molecule has 0 N–H and O–H groups in total. The van der Waals surface area contributed by atoms with Crippen LogP contribution in [0.3, 0.4) is 0 Å². The van der Waals surface area contributed by atoms with Crippen LogP contribution >= 0.6 is 0 Å². The topological polar surface area (TPSA) is 13.1 Å². The van der Waals surface area contributed by atoms with E-state index in [9.17, 15) is 0 Å². The van der Waals surface area contributed by atoms with Crippen molar-refractivity contribution < 1.29 is 4.42 Å². The lowest BCUT2D eigenvalue weighted by Crippen LogP contribution is -2.15. The van der Waals surface area contributed by atoms with Gasteiger partial charge in [-0.05, 0) is 112 Å². The van der Waals surface area contributed by atoms with Crippen molar-refractivity contribution in [1.29, 1.82) is 0 Å². The quantitative estimate of drug-likeness (QED) is 0.172. The van der Waals surface area contributed by atoms with E-state index in [1.54, 1.807) is 0 Å². The summed E-state index contributed by atoms with van der Waals surface area (Å²) >= 11 is 0. The minimum absolute atomic E-state index is 0.207. The van der Waals surface area contributed by atoms with Gasteiger partial charge in [0.15, 0.2) is 0 Å². The molecule has 0 fully saturated rings. The molecule has 0 saturated carbocycles. The van der Waals surface area contributed by atoms with Crippen LogP contribution in [0.15, 0.2) is 174 Å². The fraction of sp³-hybridized carbons (Fsp3) is 0.0588. The number of fused-ring (bicyclic) bond motifs is 10. The van der Waals surface area contributed by atoms with Crippen LogP contribution in [0.25, 0.3) is 98.8 Å². The van der Waals surface area contributed by atoms with Crippen molar-refractivity contribution in [1.82, 2.24) is 0 Å². The minimum Gasteiger partial charge on any atom is -0.456 e. The van der Waals surface area contributed by atoms with Gasteiger partial charge in [-0.1, -0.05) is 159 Å².